The van der Waals surface area contributed by atoms with E-state index >= 15 is 0 Å². The maximum atomic E-state index is 11.8. The van der Waals surface area contributed by atoms with Crippen molar-refractivity contribution in [2.24, 2.45) is 17.6 Å². The van der Waals surface area contributed by atoms with E-state index in [0.717, 1.165) is 17.9 Å². The highest BCUT2D eigenvalue weighted by atomic mass is 32.2. The maximum Gasteiger partial charge on any atom is 0.224 e. The molecule has 1 aliphatic carbocycles. The molecule has 1 saturated heterocycles. The molecule has 2 aliphatic rings. The minimum absolute atomic E-state index is 0.234. The van der Waals surface area contributed by atoms with Crippen molar-refractivity contribution in [3.8, 4) is 0 Å². The zero-order valence-electron chi connectivity index (χ0n) is 8.37. The molecule has 0 aromatic rings. The third kappa shape index (κ3) is 2.42. The number of nitrogens with one attached hydrogen (secondary N) is 1. The molecule has 1 saturated carbocycles. The predicted octanol–water partition coefficient (Wildman–Crippen LogP) is 0.593. The Morgan fingerprint density at radius 3 is 2.79 bits per heavy atom. The van der Waals surface area contributed by atoms with Crippen molar-refractivity contribution in [2.45, 2.75) is 25.3 Å². The Kier molecular flexibility index (Phi) is 3.34. The van der Waals surface area contributed by atoms with Gasteiger partial charge in [-0.05, 0) is 30.9 Å². The van der Waals surface area contributed by atoms with Crippen LogP contribution >= 0.6 is 11.8 Å². The summed E-state index contributed by atoms with van der Waals surface area (Å²) in [6.45, 7) is 0.594. The summed E-state index contributed by atoms with van der Waals surface area (Å²) in [4.78, 5) is 11.8. The first kappa shape index (κ1) is 10.3. The smallest absolute Gasteiger partial charge is 0.224 e. The van der Waals surface area contributed by atoms with Gasteiger partial charge in [-0.1, -0.05) is 0 Å². The summed E-state index contributed by atoms with van der Waals surface area (Å²) in [5.41, 5.74) is 5.64. The van der Waals surface area contributed by atoms with Crippen LogP contribution in [0.5, 0.6) is 0 Å². The number of hydrogen-bond donors (Lipinski definition) is 2. The molecule has 0 aromatic heterocycles. The molecule has 4 heteroatoms. The first-order valence-electron chi connectivity index (χ1n) is 5.39. The third-order valence-electron chi connectivity index (χ3n) is 3.07. The van der Waals surface area contributed by atoms with Crippen molar-refractivity contribution in [2.75, 3.05) is 18.1 Å². The Labute approximate surface area is 89.2 Å². The lowest BCUT2D eigenvalue weighted by atomic mass is 10.1. The monoisotopic (exact) mass is 214 g/mol. The summed E-state index contributed by atoms with van der Waals surface area (Å²) in [6.07, 6.45) is 3.52. The van der Waals surface area contributed by atoms with Gasteiger partial charge in [0.15, 0.2) is 0 Å². The van der Waals surface area contributed by atoms with E-state index in [1.165, 1.54) is 12.8 Å². The Morgan fingerprint density at radius 2 is 2.29 bits per heavy atom. The molecule has 1 amide bonds. The van der Waals surface area contributed by atoms with Gasteiger partial charge in [0, 0.05) is 24.3 Å². The molecule has 0 bridgehead atoms. The summed E-state index contributed by atoms with van der Waals surface area (Å²) in [7, 11) is 0. The van der Waals surface area contributed by atoms with Gasteiger partial charge < -0.3 is 11.1 Å². The summed E-state index contributed by atoms with van der Waals surface area (Å²) in [6, 6.07) is 0.244. The fourth-order valence-electron chi connectivity index (χ4n) is 1.91. The van der Waals surface area contributed by atoms with Crippen molar-refractivity contribution in [3.63, 3.8) is 0 Å². The van der Waals surface area contributed by atoms with Crippen molar-refractivity contribution in [1.29, 1.82) is 0 Å². The molecule has 1 aliphatic heterocycles. The molecule has 0 radical (unpaired) electrons. The van der Waals surface area contributed by atoms with Crippen molar-refractivity contribution >= 4 is 17.7 Å². The fourth-order valence-corrected chi connectivity index (χ4v) is 3.13. The zero-order chi connectivity index (χ0) is 9.97. The van der Waals surface area contributed by atoms with E-state index in [1.807, 2.05) is 11.8 Å². The summed E-state index contributed by atoms with van der Waals surface area (Å²) in [5, 5.41) is 3.09. The molecule has 3 N–H and O–H groups in total. The van der Waals surface area contributed by atoms with Crippen molar-refractivity contribution in [3.05, 3.63) is 0 Å². The van der Waals surface area contributed by atoms with Gasteiger partial charge in [-0.3, -0.25) is 4.79 Å². The van der Waals surface area contributed by atoms with Crippen LogP contribution in [0.4, 0.5) is 0 Å². The summed E-state index contributed by atoms with van der Waals surface area (Å²) < 4.78 is 0. The maximum absolute atomic E-state index is 11.8. The first-order chi connectivity index (χ1) is 6.81. The largest absolute Gasteiger partial charge is 0.352 e. The fraction of sp³-hybridized carbons (Fsp3) is 0.900. The molecule has 2 fully saturated rings. The lowest BCUT2D eigenvalue weighted by Gasteiger charge is -2.18. The van der Waals surface area contributed by atoms with Crippen molar-refractivity contribution < 1.29 is 4.79 Å². The second kappa shape index (κ2) is 4.53. The highest BCUT2D eigenvalue weighted by molar-refractivity contribution is 7.99. The van der Waals surface area contributed by atoms with E-state index in [1.54, 1.807) is 0 Å². The van der Waals surface area contributed by atoms with E-state index in [2.05, 4.69) is 5.32 Å². The molecule has 0 aromatic carbocycles. The van der Waals surface area contributed by atoms with Crippen LogP contribution in [-0.4, -0.2) is 30.0 Å². The van der Waals surface area contributed by atoms with Crippen LogP contribution in [-0.2, 0) is 4.79 Å². The van der Waals surface area contributed by atoms with Crippen LogP contribution in [0.3, 0.4) is 0 Å². The molecule has 0 spiro atoms. The van der Waals surface area contributed by atoms with Gasteiger partial charge in [-0.2, -0.15) is 11.8 Å². The molecular weight excluding hydrogens is 196 g/mol. The molecule has 2 atom stereocenters. The Hall–Kier alpha value is -0.220. The lowest BCUT2D eigenvalue weighted by Crippen LogP contribution is -2.44. The minimum atomic E-state index is 0.234. The van der Waals surface area contributed by atoms with Gasteiger partial charge in [-0.25, -0.2) is 0 Å². The second-order valence-electron chi connectivity index (χ2n) is 4.25. The van der Waals surface area contributed by atoms with Crippen LogP contribution in [0.25, 0.3) is 0 Å². The van der Waals surface area contributed by atoms with E-state index in [4.69, 9.17) is 5.73 Å². The van der Waals surface area contributed by atoms with Crippen LogP contribution in [0.1, 0.15) is 19.3 Å². The molecule has 2 unspecified atom stereocenters. The van der Waals surface area contributed by atoms with Gasteiger partial charge in [-0.15, -0.1) is 0 Å². The van der Waals surface area contributed by atoms with Crippen molar-refractivity contribution in [1.82, 2.24) is 5.32 Å². The highest BCUT2D eigenvalue weighted by Crippen LogP contribution is 2.32. The summed E-state index contributed by atoms with van der Waals surface area (Å²) in [5.74, 6) is 3.27. The lowest BCUT2D eigenvalue weighted by molar-refractivity contribution is -0.125. The molecular formula is C10H18N2OS. The number of hydrogen-bond acceptors (Lipinski definition) is 3. The van der Waals surface area contributed by atoms with E-state index < -0.39 is 0 Å². The normalized spacial score (nSPS) is 28.8. The van der Waals surface area contributed by atoms with E-state index in [9.17, 15) is 4.79 Å². The highest BCUT2D eigenvalue weighted by Gasteiger charge is 2.33. The van der Waals surface area contributed by atoms with Gasteiger partial charge in [0.2, 0.25) is 5.91 Å². The van der Waals surface area contributed by atoms with Gasteiger partial charge in [0.25, 0.3) is 0 Å². The predicted molar refractivity (Wildman–Crippen MR) is 59.1 cm³/mol. The quantitative estimate of drug-likeness (QED) is 0.720. The van der Waals surface area contributed by atoms with Crippen LogP contribution in [0, 0.1) is 11.8 Å². The standard InChI is InChI=1S/C10H18N2OS/c11-5-9(7-1-2-7)12-10(13)8-3-4-14-6-8/h7-9H,1-6,11H2,(H,12,13). The Morgan fingerprint density at radius 1 is 1.50 bits per heavy atom. The SMILES string of the molecule is NCC(NC(=O)C1CCSC1)C1CC1. The first-order valence-corrected chi connectivity index (χ1v) is 6.55. The second-order valence-corrected chi connectivity index (χ2v) is 5.40. The number of carbonyl (C=O) groups excluding carboxylic acids is 1. The average Bonchev–Trinajstić information content (AvgIpc) is 2.88. The van der Waals surface area contributed by atoms with Crippen LogP contribution in [0.15, 0.2) is 0 Å². The van der Waals surface area contributed by atoms with E-state index in [-0.39, 0.29) is 17.9 Å². The number of amides is 1. The van der Waals surface area contributed by atoms with Gasteiger partial charge >= 0.3 is 0 Å². The minimum Gasteiger partial charge on any atom is -0.352 e. The molecule has 1 heterocycles. The molecule has 80 valence electrons. The van der Waals surface area contributed by atoms with E-state index in [0.29, 0.717) is 12.5 Å². The average molecular weight is 214 g/mol. The topological polar surface area (TPSA) is 55.1 Å². The summed E-state index contributed by atoms with van der Waals surface area (Å²) >= 11 is 1.88. The Bertz CT molecular complexity index is 212. The third-order valence-corrected chi connectivity index (χ3v) is 4.24. The van der Waals surface area contributed by atoms with Crippen LogP contribution in [0.2, 0.25) is 0 Å². The number of carbonyl (C=O) groups is 1. The molecule has 14 heavy (non-hydrogen) atoms. The van der Waals surface area contributed by atoms with Gasteiger partial charge in [0.05, 0.1) is 0 Å². The number of nitrogens with two attached hydrogens (primary N) is 1. The number of thioether (sulfide) groups is 1. The van der Waals surface area contributed by atoms with Gasteiger partial charge in [0.1, 0.15) is 0 Å². The van der Waals surface area contributed by atoms with Crippen LogP contribution < -0.4 is 11.1 Å². The molecule has 2 rings (SSSR count). The zero-order valence-corrected chi connectivity index (χ0v) is 9.19. The number of rotatable bonds is 4. The Balaban J connectivity index is 1.79. The molecule has 3 nitrogen and oxygen atoms in total.